The SMILES string of the molecule is O=C(O)CC1CCCN(C2CCOC2)C1. The lowest BCUT2D eigenvalue weighted by atomic mass is 9.93. The van der Waals surface area contributed by atoms with Crippen molar-refractivity contribution < 1.29 is 14.6 Å². The fourth-order valence-corrected chi connectivity index (χ4v) is 2.65. The van der Waals surface area contributed by atoms with E-state index < -0.39 is 5.97 Å². The van der Waals surface area contributed by atoms with Crippen LogP contribution in [0.25, 0.3) is 0 Å². The van der Waals surface area contributed by atoms with Crippen molar-refractivity contribution >= 4 is 5.97 Å². The van der Waals surface area contributed by atoms with Crippen molar-refractivity contribution in [3.63, 3.8) is 0 Å². The zero-order valence-corrected chi connectivity index (χ0v) is 9.02. The maximum Gasteiger partial charge on any atom is 0.303 e. The van der Waals surface area contributed by atoms with Crippen LogP contribution in [0.1, 0.15) is 25.7 Å². The number of hydrogen-bond donors (Lipinski definition) is 1. The Morgan fingerprint density at radius 3 is 3.00 bits per heavy atom. The average molecular weight is 213 g/mol. The summed E-state index contributed by atoms with van der Waals surface area (Å²) in [6, 6.07) is 0.543. The smallest absolute Gasteiger partial charge is 0.303 e. The maximum atomic E-state index is 10.7. The first-order valence-electron chi connectivity index (χ1n) is 5.79. The number of nitrogens with zero attached hydrogens (tertiary/aromatic N) is 1. The Balaban J connectivity index is 1.83. The summed E-state index contributed by atoms with van der Waals surface area (Å²) in [6.07, 6.45) is 3.63. The second-order valence-corrected chi connectivity index (χ2v) is 4.62. The van der Waals surface area contributed by atoms with Crippen LogP contribution in [-0.4, -0.2) is 48.3 Å². The van der Waals surface area contributed by atoms with Crippen LogP contribution in [0.4, 0.5) is 0 Å². The average Bonchev–Trinajstić information content (AvgIpc) is 2.69. The number of hydrogen-bond acceptors (Lipinski definition) is 3. The van der Waals surface area contributed by atoms with Crippen LogP contribution in [-0.2, 0) is 9.53 Å². The van der Waals surface area contributed by atoms with Gasteiger partial charge in [-0.05, 0) is 31.7 Å². The van der Waals surface area contributed by atoms with E-state index in [1.165, 1.54) is 0 Å². The number of carboxylic acid groups (broad SMARTS) is 1. The van der Waals surface area contributed by atoms with Crippen LogP contribution in [0.2, 0.25) is 0 Å². The minimum absolute atomic E-state index is 0.323. The molecule has 0 bridgehead atoms. The highest BCUT2D eigenvalue weighted by atomic mass is 16.5. The molecule has 15 heavy (non-hydrogen) atoms. The van der Waals surface area contributed by atoms with Crippen LogP contribution in [0, 0.1) is 5.92 Å². The number of carbonyl (C=O) groups is 1. The molecule has 0 aliphatic carbocycles. The molecule has 2 atom stereocenters. The number of piperidine rings is 1. The van der Waals surface area contributed by atoms with Gasteiger partial charge in [0, 0.05) is 25.6 Å². The number of likely N-dealkylation sites (tertiary alicyclic amines) is 1. The summed E-state index contributed by atoms with van der Waals surface area (Å²) in [7, 11) is 0. The summed E-state index contributed by atoms with van der Waals surface area (Å²) in [5, 5.41) is 8.77. The van der Waals surface area contributed by atoms with Gasteiger partial charge in [-0.1, -0.05) is 0 Å². The third-order valence-electron chi connectivity index (χ3n) is 3.44. The van der Waals surface area contributed by atoms with Gasteiger partial charge in [-0.2, -0.15) is 0 Å². The van der Waals surface area contributed by atoms with E-state index in [0.717, 1.165) is 45.6 Å². The van der Waals surface area contributed by atoms with Gasteiger partial charge in [0.25, 0.3) is 0 Å². The molecular formula is C11H19NO3. The van der Waals surface area contributed by atoms with Crippen LogP contribution >= 0.6 is 0 Å². The fraction of sp³-hybridized carbons (Fsp3) is 0.909. The molecule has 2 fully saturated rings. The highest BCUT2D eigenvalue weighted by Crippen LogP contribution is 2.23. The molecule has 2 aliphatic heterocycles. The van der Waals surface area contributed by atoms with Gasteiger partial charge in [-0.25, -0.2) is 0 Å². The van der Waals surface area contributed by atoms with Crippen molar-refractivity contribution in [3.05, 3.63) is 0 Å². The molecular weight excluding hydrogens is 194 g/mol. The largest absolute Gasteiger partial charge is 0.481 e. The third kappa shape index (κ3) is 2.92. The lowest BCUT2D eigenvalue weighted by molar-refractivity contribution is -0.138. The van der Waals surface area contributed by atoms with Gasteiger partial charge in [0.05, 0.1) is 6.61 Å². The minimum Gasteiger partial charge on any atom is -0.481 e. The Labute approximate surface area is 90.2 Å². The van der Waals surface area contributed by atoms with E-state index >= 15 is 0 Å². The zero-order chi connectivity index (χ0) is 10.7. The summed E-state index contributed by atoms with van der Waals surface area (Å²) in [5.41, 5.74) is 0. The lowest BCUT2D eigenvalue weighted by Crippen LogP contribution is -2.43. The van der Waals surface area contributed by atoms with Crippen molar-refractivity contribution in [2.24, 2.45) is 5.92 Å². The second-order valence-electron chi connectivity index (χ2n) is 4.62. The van der Waals surface area contributed by atoms with Gasteiger partial charge in [-0.15, -0.1) is 0 Å². The molecule has 0 aromatic rings. The molecule has 0 aromatic heterocycles. The second kappa shape index (κ2) is 4.94. The van der Waals surface area contributed by atoms with Crippen molar-refractivity contribution in [2.45, 2.75) is 31.7 Å². The molecule has 2 unspecified atom stereocenters. The lowest BCUT2D eigenvalue weighted by Gasteiger charge is -2.35. The van der Waals surface area contributed by atoms with Crippen molar-refractivity contribution in [1.29, 1.82) is 0 Å². The van der Waals surface area contributed by atoms with Crippen LogP contribution in [0.5, 0.6) is 0 Å². The highest BCUT2D eigenvalue weighted by molar-refractivity contribution is 5.67. The van der Waals surface area contributed by atoms with Crippen LogP contribution in [0.3, 0.4) is 0 Å². The summed E-state index contributed by atoms with van der Waals surface area (Å²) in [4.78, 5) is 13.1. The Hall–Kier alpha value is -0.610. The monoisotopic (exact) mass is 213 g/mol. The molecule has 0 amide bonds. The molecule has 4 heteroatoms. The summed E-state index contributed by atoms with van der Waals surface area (Å²) in [6.45, 7) is 3.76. The molecule has 4 nitrogen and oxygen atoms in total. The summed E-state index contributed by atoms with van der Waals surface area (Å²) >= 11 is 0. The molecule has 0 radical (unpaired) electrons. The van der Waals surface area contributed by atoms with E-state index in [9.17, 15) is 4.79 Å². The number of ether oxygens (including phenoxy) is 1. The van der Waals surface area contributed by atoms with E-state index in [-0.39, 0.29) is 0 Å². The molecule has 0 spiro atoms. The number of aliphatic carboxylic acids is 1. The first-order valence-corrected chi connectivity index (χ1v) is 5.79. The first kappa shape index (κ1) is 10.9. The van der Waals surface area contributed by atoms with Crippen LogP contribution in [0.15, 0.2) is 0 Å². The Kier molecular flexibility index (Phi) is 3.59. The molecule has 1 N–H and O–H groups in total. The highest BCUT2D eigenvalue weighted by Gasteiger charge is 2.29. The fourth-order valence-electron chi connectivity index (χ4n) is 2.65. The van der Waals surface area contributed by atoms with Gasteiger partial charge >= 0.3 is 5.97 Å². The van der Waals surface area contributed by atoms with Gasteiger partial charge < -0.3 is 9.84 Å². The minimum atomic E-state index is -0.662. The standard InChI is InChI=1S/C11H19NO3/c13-11(14)6-9-2-1-4-12(7-9)10-3-5-15-8-10/h9-10H,1-8H2,(H,13,14). The summed E-state index contributed by atoms with van der Waals surface area (Å²) < 4.78 is 5.37. The number of rotatable bonds is 3. The van der Waals surface area contributed by atoms with Crippen molar-refractivity contribution in [2.75, 3.05) is 26.3 Å². The topological polar surface area (TPSA) is 49.8 Å². The molecule has 2 rings (SSSR count). The van der Waals surface area contributed by atoms with Crippen molar-refractivity contribution in [3.8, 4) is 0 Å². The third-order valence-corrected chi connectivity index (χ3v) is 3.44. The Bertz CT molecular complexity index is 226. The Morgan fingerprint density at radius 2 is 2.33 bits per heavy atom. The van der Waals surface area contributed by atoms with Gasteiger partial charge in [0.1, 0.15) is 0 Å². The molecule has 86 valence electrons. The van der Waals surface area contributed by atoms with E-state index in [2.05, 4.69) is 4.90 Å². The van der Waals surface area contributed by atoms with E-state index in [4.69, 9.17) is 9.84 Å². The molecule has 2 aliphatic rings. The quantitative estimate of drug-likeness (QED) is 0.758. The maximum absolute atomic E-state index is 10.7. The van der Waals surface area contributed by atoms with E-state index in [1.807, 2.05) is 0 Å². The molecule has 0 aromatic carbocycles. The molecule has 2 saturated heterocycles. The van der Waals surface area contributed by atoms with Gasteiger partial charge in [-0.3, -0.25) is 9.69 Å². The van der Waals surface area contributed by atoms with Gasteiger partial charge in [0.15, 0.2) is 0 Å². The predicted octanol–water partition coefficient (Wildman–Crippen LogP) is 0.962. The number of carboxylic acids is 1. The van der Waals surface area contributed by atoms with Crippen molar-refractivity contribution in [1.82, 2.24) is 4.90 Å². The predicted molar refractivity (Wildman–Crippen MR) is 55.8 cm³/mol. The normalized spacial score (nSPS) is 33.1. The summed E-state index contributed by atoms with van der Waals surface area (Å²) in [5.74, 6) is -0.318. The van der Waals surface area contributed by atoms with E-state index in [0.29, 0.717) is 18.4 Å². The molecule has 2 heterocycles. The first-order chi connectivity index (χ1) is 7.25. The van der Waals surface area contributed by atoms with Gasteiger partial charge in [0.2, 0.25) is 0 Å². The van der Waals surface area contributed by atoms with Crippen LogP contribution < -0.4 is 0 Å². The molecule has 0 saturated carbocycles. The zero-order valence-electron chi connectivity index (χ0n) is 9.02. The van der Waals surface area contributed by atoms with E-state index in [1.54, 1.807) is 0 Å². The Morgan fingerprint density at radius 1 is 1.47 bits per heavy atom.